The molecule has 1 aliphatic carbocycles. The van der Waals surface area contributed by atoms with Crippen molar-refractivity contribution in [1.29, 1.82) is 0 Å². The summed E-state index contributed by atoms with van der Waals surface area (Å²) in [4.78, 5) is 28.1. The minimum Gasteiger partial charge on any atom is -0.352 e. The number of aryl methyl sites for hydroxylation is 1. The Balaban J connectivity index is 1.36. The number of anilines is 2. The molecule has 1 amide bonds. The molecule has 0 unspecified atom stereocenters. The van der Waals surface area contributed by atoms with Gasteiger partial charge in [0, 0.05) is 18.8 Å². The highest BCUT2D eigenvalue weighted by Crippen LogP contribution is 2.29. The van der Waals surface area contributed by atoms with Crippen LogP contribution in [0.15, 0.2) is 24.5 Å². The van der Waals surface area contributed by atoms with Crippen molar-refractivity contribution < 1.29 is 13.2 Å². The molecule has 33 heavy (non-hydrogen) atoms. The molecule has 2 aromatic rings. The maximum atomic E-state index is 12.6. The second-order valence-electron chi connectivity index (χ2n) is 8.86. The van der Waals surface area contributed by atoms with Crippen molar-refractivity contribution in [3.63, 3.8) is 0 Å². The van der Waals surface area contributed by atoms with Crippen LogP contribution in [0, 0.1) is 6.92 Å². The van der Waals surface area contributed by atoms with Crippen molar-refractivity contribution in [1.82, 2.24) is 20.3 Å². The second kappa shape index (κ2) is 10.0. The fourth-order valence-corrected chi connectivity index (χ4v) is 6.14. The fourth-order valence-electron chi connectivity index (χ4n) is 4.57. The minimum absolute atomic E-state index is 0.158. The van der Waals surface area contributed by atoms with E-state index in [0.717, 1.165) is 43.7 Å². The molecule has 4 rings (SSSR count). The van der Waals surface area contributed by atoms with Gasteiger partial charge >= 0.3 is 0 Å². The van der Waals surface area contributed by atoms with E-state index >= 15 is 0 Å². The summed E-state index contributed by atoms with van der Waals surface area (Å²) in [6, 6.07) is 3.77. The van der Waals surface area contributed by atoms with Crippen LogP contribution in [0.3, 0.4) is 0 Å². The first-order valence-corrected chi connectivity index (χ1v) is 13.3. The molecule has 10 heteroatoms. The third-order valence-electron chi connectivity index (χ3n) is 6.44. The quantitative estimate of drug-likeness (QED) is 0.576. The molecule has 1 atom stereocenters. The van der Waals surface area contributed by atoms with Gasteiger partial charge in [-0.15, -0.1) is 0 Å². The molecule has 2 fully saturated rings. The lowest BCUT2D eigenvalue weighted by atomic mass is 9.98. The Morgan fingerprint density at radius 1 is 1.21 bits per heavy atom. The monoisotopic (exact) mass is 472 g/mol. The van der Waals surface area contributed by atoms with Crippen LogP contribution < -0.4 is 14.9 Å². The molecule has 1 saturated heterocycles. The molecule has 1 saturated carbocycles. The van der Waals surface area contributed by atoms with Crippen molar-refractivity contribution in [3.05, 3.63) is 41.6 Å². The van der Waals surface area contributed by atoms with Crippen LogP contribution >= 0.6 is 0 Å². The second-order valence-corrected chi connectivity index (χ2v) is 10.8. The van der Waals surface area contributed by atoms with Gasteiger partial charge in [-0.25, -0.2) is 18.4 Å². The summed E-state index contributed by atoms with van der Waals surface area (Å²) in [5, 5.41) is 2.46. The Morgan fingerprint density at radius 3 is 2.67 bits per heavy atom. The summed E-state index contributed by atoms with van der Waals surface area (Å²) in [7, 11) is -3.41. The van der Waals surface area contributed by atoms with E-state index in [2.05, 4.69) is 36.8 Å². The van der Waals surface area contributed by atoms with Crippen LogP contribution in [-0.4, -0.2) is 47.1 Å². The molecule has 1 aliphatic heterocycles. The number of carbonyl (C=O) groups is 1. The van der Waals surface area contributed by atoms with Crippen molar-refractivity contribution in [2.45, 2.75) is 76.6 Å². The Morgan fingerprint density at radius 2 is 2.00 bits per heavy atom. The SMILES string of the molecule is CCC[C@@H]1CCN1c1ncc(C(=O)NCc2cc(NS(=O)(=O)C3CCCC3)ccn2)nc1C. The molecule has 2 aromatic heterocycles. The van der Waals surface area contributed by atoms with E-state index in [1.807, 2.05) is 6.92 Å². The summed E-state index contributed by atoms with van der Waals surface area (Å²) >= 11 is 0. The Labute approximate surface area is 195 Å². The van der Waals surface area contributed by atoms with Gasteiger partial charge in [0.1, 0.15) is 11.5 Å². The zero-order chi connectivity index (χ0) is 23.4. The number of rotatable bonds is 9. The number of sulfonamides is 1. The molecule has 0 aromatic carbocycles. The lowest BCUT2D eigenvalue weighted by molar-refractivity contribution is 0.0944. The fraction of sp³-hybridized carbons (Fsp3) is 0.565. The highest BCUT2D eigenvalue weighted by molar-refractivity contribution is 7.93. The normalized spacial score (nSPS) is 18.7. The average Bonchev–Trinajstić information content (AvgIpc) is 3.32. The summed E-state index contributed by atoms with van der Waals surface area (Å²) < 4.78 is 27.7. The minimum atomic E-state index is -3.41. The van der Waals surface area contributed by atoms with E-state index in [0.29, 0.717) is 30.3 Å². The standard InChI is InChI=1S/C23H32N6O3S/c1-3-6-19-10-12-29(19)22-16(2)27-21(15-25-22)23(30)26-14-18-13-17(9-11-24-18)28-33(31,32)20-7-4-5-8-20/h9,11,13,15,19-20H,3-8,10,12,14H2,1-2H3,(H,24,28)(H,26,30)/t19-/m1/s1. The topological polar surface area (TPSA) is 117 Å². The van der Waals surface area contributed by atoms with Gasteiger partial charge in [0.25, 0.3) is 5.91 Å². The number of aromatic nitrogens is 3. The van der Waals surface area contributed by atoms with E-state index in [1.54, 1.807) is 12.1 Å². The van der Waals surface area contributed by atoms with Crippen molar-refractivity contribution in [3.8, 4) is 0 Å². The molecular weight excluding hydrogens is 440 g/mol. The highest BCUT2D eigenvalue weighted by Gasteiger charge is 2.30. The molecule has 0 spiro atoms. The maximum Gasteiger partial charge on any atom is 0.271 e. The molecule has 3 heterocycles. The highest BCUT2D eigenvalue weighted by atomic mass is 32.2. The summed E-state index contributed by atoms with van der Waals surface area (Å²) in [6.07, 6.45) is 9.75. The van der Waals surface area contributed by atoms with Crippen LogP contribution in [0.1, 0.15) is 73.7 Å². The van der Waals surface area contributed by atoms with Gasteiger partial charge in [-0.2, -0.15) is 0 Å². The Hall–Kier alpha value is -2.75. The Kier molecular flexibility index (Phi) is 7.11. The van der Waals surface area contributed by atoms with Gasteiger partial charge in [-0.1, -0.05) is 26.2 Å². The van der Waals surface area contributed by atoms with Crippen LogP contribution in [0.5, 0.6) is 0 Å². The molecular formula is C23H32N6O3S. The van der Waals surface area contributed by atoms with Gasteiger partial charge in [0.05, 0.1) is 35.1 Å². The van der Waals surface area contributed by atoms with Crippen LogP contribution in [-0.2, 0) is 16.6 Å². The molecule has 0 radical (unpaired) electrons. The molecule has 9 nitrogen and oxygen atoms in total. The van der Waals surface area contributed by atoms with Crippen LogP contribution in [0.2, 0.25) is 0 Å². The molecule has 0 bridgehead atoms. The number of pyridine rings is 1. The smallest absolute Gasteiger partial charge is 0.271 e. The molecule has 2 N–H and O–H groups in total. The maximum absolute atomic E-state index is 12.6. The van der Waals surface area contributed by atoms with Crippen molar-refractivity contribution >= 4 is 27.4 Å². The van der Waals surface area contributed by atoms with Gasteiger partial charge < -0.3 is 10.2 Å². The van der Waals surface area contributed by atoms with Gasteiger partial charge in [-0.3, -0.25) is 14.5 Å². The van der Waals surface area contributed by atoms with E-state index in [4.69, 9.17) is 0 Å². The van der Waals surface area contributed by atoms with E-state index in [1.165, 1.54) is 18.8 Å². The predicted molar refractivity (Wildman–Crippen MR) is 128 cm³/mol. The van der Waals surface area contributed by atoms with Crippen molar-refractivity contribution in [2.24, 2.45) is 0 Å². The first kappa shape index (κ1) is 23.4. The Bertz CT molecular complexity index is 1100. The molecule has 178 valence electrons. The van der Waals surface area contributed by atoms with Crippen LogP contribution in [0.25, 0.3) is 0 Å². The van der Waals surface area contributed by atoms with Gasteiger partial charge in [0.2, 0.25) is 10.0 Å². The average molecular weight is 473 g/mol. The zero-order valence-electron chi connectivity index (χ0n) is 19.2. The number of hydrogen-bond acceptors (Lipinski definition) is 7. The summed E-state index contributed by atoms with van der Waals surface area (Å²) in [5.74, 6) is 0.504. The van der Waals surface area contributed by atoms with Gasteiger partial charge in [0.15, 0.2) is 0 Å². The third-order valence-corrected chi connectivity index (χ3v) is 8.31. The van der Waals surface area contributed by atoms with Crippen LogP contribution in [0.4, 0.5) is 11.5 Å². The summed E-state index contributed by atoms with van der Waals surface area (Å²) in [6.45, 7) is 5.18. The largest absolute Gasteiger partial charge is 0.352 e. The number of hydrogen-bond donors (Lipinski definition) is 2. The number of nitrogens with one attached hydrogen (secondary N) is 2. The zero-order valence-corrected chi connectivity index (χ0v) is 20.1. The van der Waals surface area contributed by atoms with E-state index in [-0.39, 0.29) is 23.4 Å². The third kappa shape index (κ3) is 5.43. The number of nitrogens with zero attached hydrogens (tertiary/aromatic N) is 4. The number of carbonyl (C=O) groups excluding carboxylic acids is 1. The first-order valence-electron chi connectivity index (χ1n) is 11.7. The summed E-state index contributed by atoms with van der Waals surface area (Å²) in [5.41, 5.74) is 2.00. The lowest BCUT2D eigenvalue weighted by Crippen LogP contribution is -2.48. The van der Waals surface area contributed by atoms with E-state index in [9.17, 15) is 13.2 Å². The van der Waals surface area contributed by atoms with Gasteiger partial charge in [-0.05, 0) is 44.7 Å². The lowest BCUT2D eigenvalue weighted by Gasteiger charge is -2.42. The molecule has 2 aliphatic rings. The predicted octanol–water partition coefficient (Wildman–Crippen LogP) is 3.17. The van der Waals surface area contributed by atoms with E-state index < -0.39 is 10.0 Å². The number of amides is 1. The van der Waals surface area contributed by atoms with Crippen molar-refractivity contribution in [2.75, 3.05) is 16.2 Å². The first-order chi connectivity index (χ1) is 15.9.